The second-order valence-electron chi connectivity index (χ2n) is 5.55. The fourth-order valence-corrected chi connectivity index (χ4v) is 3.40. The van der Waals surface area contributed by atoms with Crippen LogP contribution < -0.4 is 4.90 Å². The summed E-state index contributed by atoms with van der Waals surface area (Å²) in [5.41, 5.74) is 0.806. The first kappa shape index (κ1) is 14.1. The van der Waals surface area contributed by atoms with Crippen LogP contribution in [0.25, 0.3) is 10.7 Å². The largest absolute Gasteiger partial charge is 0.339 e. The SMILES string of the molecule is Cn1cc(N2CC(c3nc(-c4cccs4)no3)CCC2=O)cn1. The number of carbonyl (C=O) groups excluding carboxylic acids is 1. The van der Waals surface area contributed by atoms with Crippen LogP contribution >= 0.6 is 11.3 Å². The zero-order valence-electron chi connectivity index (χ0n) is 12.5. The third-order valence-corrected chi connectivity index (χ3v) is 4.81. The third-order valence-electron chi connectivity index (χ3n) is 3.95. The number of aromatic nitrogens is 4. The van der Waals surface area contributed by atoms with Crippen molar-refractivity contribution >= 4 is 22.9 Å². The van der Waals surface area contributed by atoms with E-state index < -0.39 is 0 Å². The van der Waals surface area contributed by atoms with Gasteiger partial charge in [0.25, 0.3) is 0 Å². The number of hydrogen-bond donors (Lipinski definition) is 0. The lowest BCUT2D eigenvalue weighted by atomic mass is 9.97. The molecule has 3 aromatic rings. The number of thiophene rings is 1. The molecule has 4 heterocycles. The minimum absolute atomic E-state index is 0.0501. The van der Waals surface area contributed by atoms with E-state index in [1.165, 1.54) is 0 Å². The van der Waals surface area contributed by atoms with Gasteiger partial charge in [-0.25, -0.2) is 0 Å². The molecule has 1 fully saturated rings. The number of aryl methyl sites for hydroxylation is 1. The molecule has 7 nitrogen and oxygen atoms in total. The molecule has 0 saturated carbocycles. The van der Waals surface area contributed by atoms with Gasteiger partial charge < -0.3 is 9.42 Å². The topological polar surface area (TPSA) is 77.0 Å². The lowest BCUT2D eigenvalue weighted by molar-refractivity contribution is -0.119. The Labute approximate surface area is 136 Å². The number of piperidine rings is 1. The van der Waals surface area contributed by atoms with Crippen molar-refractivity contribution in [3.63, 3.8) is 0 Å². The van der Waals surface area contributed by atoms with Gasteiger partial charge in [-0.05, 0) is 17.9 Å². The van der Waals surface area contributed by atoms with E-state index in [0.29, 0.717) is 24.7 Å². The summed E-state index contributed by atoms with van der Waals surface area (Å²) >= 11 is 1.58. The molecular formula is C15H15N5O2S. The van der Waals surface area contributed by atoms with E-state index in [2.05, 4.69) is 15.2 Å². The number of amides is 1. The monoisotopic (exact) mass is 329 g/mol. The Kier molecular flexibility index (Phi) is 3.45. The summed E-state index contributed by atoms with van der Waals surface area (Å²) in [4.78, 5) is 19.4. The molecule has 0 N–H and O–H groups in total. The maximum Gasteiger partial charge on any atom is 0.231 e. The van der Waals surface area contributed by atoms with Crippen molar-refractivity contribution in [2.45, 2.75) is 18.8 Å². The maximum atomic E-state index is 12.2. The predicted octanol–water partition coefficient (Wildman–Crippen LogP) is 2.44. The van der Waals surface area contributed by atoms with Crippen LogP contribution in [0.5, 0.6) is 0 Å². The van der Waals surface area contributed by atoms with Crippen LogP contribution in [-0.2, 0) is 11.8 Å². The summed E-state index contributed by atoms with van der Waals surface area (Å²) in [6.07, 6.45) is 4.73. The Morgan fingerprint density at radius 2 is 2.35 bits per heavy atom. The van der Waals surface area contributed by atoms with Crippen molar-refractivity contribution < 1.29 is 9.32 Å². The number of anilines is 1. The first-order chi connectivity index (χ1) is 11.2. The fraction of sp³-hybridized carbons (Fsp3) is 0.333. The molecule has 4 rings (SSSR count). The van der Waals surface area contributed by atoms with Crippen molar-refractivity contribution in [2.24, 2.45) is 7.05 Å². The van der Waals surface area contributed by atoms with E-state index in [0.717, 1.165) is 17.0 Å². The molecule has 1 unspecified atom stereocenters. The van der Waals surface area contributed by atoms with Crippen molar-refractivity contribution in [1.29, 1.82) is 0 Å². The van der Waals surface area contributed by atoms with Crippen molar-refractivity contribution in [3.8, 4) is 10.7 Å². The van der Waals surface area contributed by atoms with Gasteiger partial charge >= 0.3 is 0 Å². The van der Waals surface area contributed by atoms with Gasteiger partial charge in [-0.2, -0.15) is 10.1 Å². The zero-order chi connectivity index (χ0) is 15.8. The van der Waals surface area contributed by atoms with Gasteiger partial charge in [0.05, 0.1) is 22.7 Å². The summed E-state index contributed by atoms with van der Waals surface area (Å²) < 4.78 is 7.13. The summed E-state index contributed by atoms with van der Waals surface area (Å²) in [7, 11) is 1.83. The number of rotatable bonds is 3. The number of nitrogens with zero attached hydrogens (tertiary/aromatic N) is 5. The van der Waals surface area contributed by atoms with E-state index in [1.807, 2.05) is 30.8 Å². The van der Waals surface area contributed by atoms with E-state index in [4.69, 9.17) is 4.52 Å². The molecule has 0 radical (unpaired) electrons. The van der Waals surface area contributed by atoms with Crippen LogP contribution in [0.3, 0.4) is 0 Å². The van der Waals surface area contributed by atoms with Gasteiger partial charge in [0.15, 0.2) is 0 Å². The van der Waals surface area contributed by atoms with Crippen LogP contribution in [0, 0.1) is 0 Å². The minimum Gasteiger partial charge on any atom is -0.339 e. The molecule has 118 valence electrons. The molecule has 1 amide bonds. The summed E-state index contributed by atoms with van der Waals surface area (Å²) in [6.45, 7) is 0.538. The summed E-state index contributed by atoms with van der Waals surface area (Å²) in [6, 6.07) is 3.92. The molecule has 1 saturated heterocycles. The Hall–Kier alpha value is -2.48. The second kappa shape index (κ2) is 5.62. The molecule has 0 aliphatic carbocycles. The van der Waals surface area contributed by atoms with Crippen molar-refractivity contribution in [2.75, 3.05) is 11.4 Å². The average molecular weight is 329 g/mol. The highest BCUT2D eigenvalue weighted by atomic mass is 32.1. The highest BCUT2D eigenvalue weighted by molar-refractivity contribution is 7.13. The smallest absolute Gasteiger partial charge is 0.231 e. The Balaban J connectivity index is 1.57. The molecule has 23 heavy (non-hydrogen) atoms. The normalized spacial score (nSPS) is 18.6. The first-order valence-electron chi connectivity index (χ1n) is 7.37. The van der Waals surface area contributed by atoms with Crippen molar-refractivity contribution in [3.05, 3.63) is 35.8 Å². The zero-order valence-corrected chi connectivity index (χ0v) is 13.4. The Morgan fingerprint density at radius 3 is 3.09 bits per heavy atom. The third kappa shape index (κ3) is 2.65. The van der Waals surface area contributed by atoms with Crippen LogP contribution in [0.4, 0.5) is 5.69 Å². The van der Waals surface area contributed by atoms with Gasteiger partial charge in [0.2, 0.25) is 17.6 Å². The molecule has 0 bridgehead atoms. The fourth-order valence-electron chi connectivity index (χ4n) is 2.75. The van der Waals surface area contributed by atoms with Gasteiger partial charge in [0.1, 0.15) is 0 Å². The van der Waals surface area contributed by atoms with Gasteiger partial charge in [-0.3, -0.25) is 9.48 Å². The minimum atomic E-state index is 0.0501. The molecule has 0 spiro atoms. The predicted molar refractivity (Wildman–Crippen MR) is 85.1 cm³/mol. The van der Waals surface area contributed by atoms with Crippen LogP contribution in [0.15, 0.2) is 34.4 Å². The standard InChI is InChI=1S/C15H15N5O2S/c1-19-9-11(7-16-19)20-8-10(4-5-13(20)21)15-17-14(18-22-15)12-3-2-6-23-12/h2-3,6-7,9-10H,4-5,8H2,1H3. The van der Waals surface area contributed by atoms with Crippen LogP contribution in [-0.4, -0.2) is 32.4 Å². The number of carbonyl (C=O) groups is 1. The molecule has 1 atom stereocenters. The lowest BCUT2D eigenvalue weighted by Crippen LogP contribution is -2.39. The van der Waals surface area contributed by atoms with Gasteiger partial charge in [-0.1, -0.05) is 11.2 Å². The van der Waals surface area contributed by atoms with Crippen LogP contribution in [0.2, 0.25) is 0 Å². The number of hydrogen-bond acceptors (Lipinski definition) is 6. The highest BCUT2D eigenvalue weighted by Crippen LogP contribution is 2.31. The van der Waals surface area contributed by atoms with Crippen molar-refractivity contribution in [1.82, 2.24) is 19.9 Å². The Bertz CT molecular complexity index is 823. The van der Waals surface area contributed by atoms with E-state index in [1.54, 1.807) is 27.1 Å². The molecule has 1 aliphatic heterocycles. The summed E-state index contributed by atoms with van der Waals surface area (Å²) in [5.74, 6) is 1.36. The van der Waals surface area contributed by atoms with E-state index in [-0.39, 0.29) is 11.8 Å². The Morgan fingerprint density at radius 1 is 1.43 bits per heavy atom. The molecule has 1 aliphatic rings. The first-order valence-corrected chi connectivity index (χ1v) is 8.25. The average Bonchev–Trinajstić information content (AvgIpc) is 3.28. The second-order valence-corrected chi connectivity index (χ2v) is 6.49. The molecule has 3 aromatic heterocycles. The highest BCUT2D eigenvalue weighted by Gasteiger charge is 2.31. The quantitative estimate of drug-likeness (QED) is 0.737. The van der Waals surface area contributed by atoms with E-state index >= 15 is 0 Å². The lowest BCUT2D eigenvalue weighted by Gasteiger charge is -2.29. The van der Waals surface area contributed by atoms with Gasteiger partial charge in [0, 0.05) is 26.2 Å². The summed E-state index contributed by atoms with van der Waals surface area (Å²) in [5, 5.41) is 10.2. The van der Waals surface area contributed by atoms with Gasteiger partial charge in [-0.15, -0.1) is 11.3 Å². The van der Waals surface area contributed by atoms with Crippen LogP contribution in [0.1, 0.15) is 24.7 Å². The molecule has 8 heteroatoms. The molecule has 0 aromatic carbocycles. The van der Waals surface area contributed by atoms with E-state index in [9.17, 15) is 4.79 Å². The maximum absolute atomic E-state index is 12.2. The molecular weight excluding hydrogens is 314 g/mol.